The van der Waals surface area contributed by atoms with Gasteiger partial charge in [-0.1, -0.05) is 98.4 Å². The summed E-state index contributed by atoms with van der Waals surface area (Å²) in [5.41, 5.74) is 2.75. The third-order valence-electron chi connectivity index (χ3n) is 10.4. The number of hydrogen-bond acceptors (Lipinski definition) is 7. The van der Waals surface area contributed by atoms with E-state index in [1.165, 1.54) is 29.0 Å². The number of carbonyl (C=O) groups is 1. The van der Waals surface area contributed by atoms with Crippen LogP contribution in [0.15, 0.2) is 126 Å². The van der Waals surface area contributed by atoms with Crippen molar-refractivity contribution in [2.45, 2.75) is 103 Å². The highest BCUT2D eigenvalue weighted by atomic mass is 19.1. The van der Waals surface area contributed by atoms with Gasteiger partial charge in [0.15, 0.2) is 5.78 Å². The summed E-state index contributed by atoms with van der Waals surface area (Å²) < 4.78 is 23.1. The molecule has 0 bridgehead atoms. The van der Waals surface area contributed by atoms with Gasteiger partial charge in [0.1, 0.15) is 19.2 Å². The van der Waals surface area contributed by atoms with Crippen LogP contribution < -0.4 is 15.4 Å². The molecule has 1 fully saturated rings. The van der Waals surface area contributed by atoms with E-state index >= 15 is 0 Å². The number of ketones is 1. The van der Waals surface area contributed by atoms with Gasteiger partial charge < -0.3 is 19.1 Å². The van der Waals surface area contributed by atoms with Crippen LogP contribution in [0, 0.1) is 5.82 Å². The first-order valence-corrected chi connectivity index (χ1v) is 21.0. The van der Waals surface area contributed by atoms with E-state index in [0.29, 0.717) is 18.9 Å². The molecule has 0 saturated carbocycles. The van der Waals surface area contributed by atoms with Crippen LogP contribution in [-0.4, -0.2) is 57.7 Å². The van der Waals surface area contributed by atoms with Gasteiger partial charge in [-0.2, -0.15) is 0 Å². The molecule has 0 radical (unpaired) electrons. The van der Waals surface area contributed by atoms with E-state index < -0.39 is 0 Å². The Bertz CT molecular complexity index is 2050. The number of benzene rings is 2. The summed E-state index contributed by atoms with van der Waals surface area (Å²) in [5, 5.41) is 0. The first-order chi connectivity index (χ1) is 28.4. The van der Waals surface area contributed by atoms with Crippen molar-refractivity contribution in [1.82, 2.24) is 19.1 Å². The van der Waals surface area contributed by atoms with Gasteiger partial charge in [0, 0.05) is 44.9 Å². The molecule has 10 heteroatoms. The summed E-state index contributed by atoms with van der Waals surface area (Å²) in [4.78, 5) is 39.5. The molecule has 0 amide bonds. The second kappa shape index (κ2) is 24.4. The number of carbonyl (C=O) groups excluding carboxylic acids is 1. The molecule has 1 aliphatic rings. The monoisotopic (exact) mass is 788 g/mol. The molecule has 5 rings (SSSR count). The Morgan fingerprint density at radius 3 is 2.17 bits per heavy atom. The minimum absolute atomic E-state index is 0.0312. The predicted molar refractivity (Wildman–Crippen MR) is 236 cm³/mol. The number of unbranched alkanes of at least 4 members (excludes halogenated alkanes) is 3. The van der Waals surface area contributed by atoms with E-state index in [1.807, 2.05) is 37.4 Å². The van der Waals surface area contributed by atoms with Crippen LogP contribution in [0.2, 0.25) is 0 Å². The number of hydrogen-bond donors (Lipinski definition) is 0. The van der Waals surface area contributed by atoms with Crippen LogP contribution in [0.1, 0.15) is 89.5 Å². The lowest BCUT2D eigenvalue weighted by molar-refractivity contribution is -0.125. The van der Waals surface area contributed by atoms with Gasteiger partial charge >= 0.3 is 0 Å². The first kappa shape index (κ1) is 43.8. The number of halogens is 1. The Labute approximate surface area is 343 Å². The maximum absolute atomic E-state index is 13.6. The third kappa shape index (κ3) is 13.9. The van der Waals surface area contributed by atoms with Crippen LogP contribution in [0.5, 0.6) is 0 Å². The average Bonchev–Trinajstić information content (AvgIpc) is 3.60. The molecule has 58 heavy (non-hydrogen) atoms. The normalized spacial score (nSPS) is 14.2. The number of nitrogens with zero attached hydrogens (tertiary/aromatic N) is 6. The zero-order valence-electron chi connectivity index (χ0n) is 34.4. The molecular weight excluding hydrogens is 728 g/mol. The van der Waals surface area contributed by atoms with Crippen molar-refractivity contribution in [2.75, 3.05) is 36.5 Å². The summed E-state index contributed by atoms with van der Waals surface area (Å²) in [5.74, 6) is 1.21. The van der Waals surface area contributed by atoms with Crippen molar-refractivity contribution in [1.29, 1.82) is 0 Å². The summed E-state index contributed by atoms with van der Waals surface area (Å²) in [7, 11) is 1.97. The van der Waals surface area contributed by atoms with Gasteiger partial charge in [-0.25, -0.2) is 14.4 Å². The highest BCUT2D eigenvalue weighted by Crippen LogP contribution is 2.28. The number of allylic oxidation sites excluding steroid dienone is 10. The maximum Gasteiger partial charge on any atom is 0.256 e. The van der Waals surface area contributed by atoms with Crippen molar-refractivity contribution in [2.24, 2.45) is 0 Å². The Morgan fingerprint density at radius 1 is 0.828 bits per heavy atom. The molecule has 9 nitrogen and oxygen atoms in total. The van der Waals surface area contributed by atoms with Gasteiger partial charge in [-0.3, -0.25) is 14.2 Å². The zero-order chi connectivity index (χ0) is 40.8. The predicted octanol–water partition coefficient (Wildman–Crippen LogP) is 10.1. The maximum atomic E-state index is 13.6. The number of piperidine rings is 1. The molecular formula is C48H61FN6O3. The third-order valence-corrected chi connectivity index (χ3v) is 10.4. The SMILES string of the molecule is CC/C=C\C/C=C\C/C=C\C/C=C\C/C=C\CCCCCC(=O)COCn1c(N(C)C2CCN(c3nc4ccccc4n3Cc3ccc(F)cc3)CC2)nccc1=O. The topological polar surface area (TPSA) is 85.5 Å². The van der Waals surface area contributed by atoms with Crippen LogP contribution in [0.4, 0.5) is 16.3 Å². The second-order valence-corrected chi connectivity index (χ2v) is 14.8. The molecule has 1 saturated heterocycles. The minimum Gasteiger partial charge on any atom is -0.353 e. The lowest BCUT2D eigenvalue weighted by Gasteiger charge is -2.38. The van der Waals surface area contributed by atoms with E-state index in [2.05, 4.69) is 93.1 Å². The van der Waals surface area contributed by atoms with Crippen molar-refractivity contribution in [3.8, 4) is 0 Å². The number of ether oxygens (including phenoxy) is 1. The molecule has 0 unspecified atom stereocenters. The van der Waals surface area contributed by atoms with Gasteiger partial charge in [0.25, 0.3) is 5.56 Å². The summed E-state index contributed by atoms with van der Waals surface area (Å²) in [6.45, 7) is 4.21. The zero-order valence-corrected chi connectivity index (χ0v) is 34.4. The second-order valence-electron chi connectivity index (χ2n) is 14.8. The van der Waals surface area contributed by atoms with Crippen LogP contribution in [-0.2, 0) is 22.8 Å². The van der Waals surface area contributed by atoms with E-state index in [9.17, 15) is 14.0 Å². The van der Waals surface area contributed by atoms with Crippen LogP contribution in [0.25, 0.3) is 11.0 Å². The molecule has 2 aromatic carbocycles. The van der Waals surface area contributed by atoms with E-state index in [1.54, 1.807) is 0 Å². The number of para-hydroxylation sites is 2. The number of aromatic nitrogens is 4. The highest BCUT2D eigenvalue weighted by molar-refractivity contribution is 5.79. The Balaban J connectivity index is 0.992. The van der Waals surface area contributed by atoms with E-state index in [0.717, 1.165) is 106 Å². The van der Waals surface area contributed by atoms with Crippen molar-refractivity contribution >= 4 is 28.7 Å². The molecule has 3 heterocycles. The number of rotatable bonds is 24. The Hall–Kier alpha value is -5.35. The van der Waals surface area contributed by atoms with Crippen molar-refractivity contribution < 1.29 is 13.9 Å². The van der Waals surface area contributed by atoms with Crippen LogP contribution >= 0.6 is 0 Å². The molecule has 0 spiro atoms. The number of imidazole rings is 1. The number of fused-ring (bicyclic) bond motifs is 1. The highest BCUT2D eigenvalue weighted by Gasteiger charge is 2.28. The summed E-state index contributed by atoms with van der Waals surface area (Å²) in [6, 6.07) is 16.3. The van der Waals surface area contributed by atoms with Crippen molar-refractivity contribution in [3.63, 3.8) is 0 Å². The molecule has 4 aromatic rings. The fraction of sp³-hybridized carbons (Fsp3) is 0.417. The number of Topliss-reactive ketones (excluding diaryl/α,β-unsaturated/α-hetero) is 1. The molecule has 0 aliphatic carbocycles. The van der Waals surface area contributed by atoms with Gasteiger partial charge in [0.05, 0.1) is 17.6 Å². The van der Waals surface area contributed by atoms with Crippen LogP contribution in [0.3, 0.4) is 0 Å². The molecule has 1 aliphatic heterocycles. The Kier molecular flexibility index (Phi) is 18.4. The Morgan fingerprint density at radius 2 is 1.48 bits per heavy atom. The molecule has 308 valence electrons. The van der Waals surface area contributed by atoms with E-state index in [4.69, 9.17) is 9.72 Å². The largest absolute Gasteiger partial charge is 0.353 e. The summed E-state index contributed by atoms with van der Waals surface area (Å²) >= 11 is 0. The lowest BCUT2D eigenvalue weighted by Crippen LogP contribution is -2.46. The number of anilines is 2. The molecule has 0 atom stereocenters. The van der Waals surface area contributed by atoms with Crippen molar-refractivity contribution in [3.05, 3.63) is 143 Å². The fourth-order valence-electron chi connectivity index (χ4n) is 7.13. The lowest BCUT2D eigenvalue weighted by atomic mass is 10.0. The molecule has 2 aromatic heterocycles. The molecule has 0 N–H and O–H groups in total. The summed E-state index contributed by atoms with van der Waals surface area (Å²) in [6.07, 6.45) is 34.6. The van der Waals surface area contributed by atoms with Gasteiger partial charge in [-0.15, -0.1) is 0 Å². The smallest absolute Gasteiger partial charge is 0.256 e. The average molecular weight is 789 g/mol. The van der Waals surface area contributed by atoms with E-state index in [-0.39, 0.29) is 36.5 Å². The minimum atomic E-state index is -0.251. The standard InChI is InChI=1S/C48H61FN6O3/c1-3-4-5-6-7-8-9-10-11-12-13-14-15-16-17-18-19-20-21-24-43(56)38-58-39-55-46(57)31-34-50-47(55)52(2)42-32-35-53(36-33-42)48-51-44-25-22-23-26-45(44)54(48)37-40-27-29-41(49)30-28-40/h4-5,7-8,10-11,13-14,16-17,22-23,25-31,34,42H,3,6,9,12,15,18-21,24,32-33,35-39H2,1-2H3/b5-4-,8-7-,11-10-,14-13-,17-16-. The quantitative estimate of drug-likeness (QED) is 0.0516. The van der Waals surface area contributed by atoms with Gasteiger partial charge in [0.2, 0.25) is 11.9 Å². The first-order valence-electron chi connectivity index (χ1n) is 21.0. The fourth-order valence-corrected chi connectivity index (χ4v) is 7.13. The van der Waals surface area contributed by atoms with Gasteiger partial charge in [-0.05, 0) is 94.0 Å².